The zero-order valence-electron chi connectivity index (χ0n) is 20.2. The summed E-state index contributed by atoms with van der Waals surface area (Å²) in [6.45, 7) is 1.90. The van der Waals surface area contributed by atoms with Crippen LogP contribution in [0.2, 0.25) is 0 Å². The van der Waals surface area contributed by atoms with Crippen LogP contribution in [-0.4, -0.2) is 28.0 Å². The number of hydrogen-bond donors (Lipinski definition) is 1. The molecule has 37 heavy (non-hydrogen) atoms. The van der Waals surface area contributed by atoms with Gasteiger partial charge in [0.1, 0.15) is 11.4 Å². The van der Waals surface area contributed by atoms with E-state index in [1.54, 1.807) is 10.9 Å². The van der Waals surface area contributed by atoms with Crippen molar-refractivity contribution in [3.63, 3.8) is 0 Å². The number of hydrogen-bond acceptors (Lipinski definition) is 4. The molecule has 0 saturated heterocycles. The van der Waals surface area contributed by atoms with Crippen LogP contribution in [0, 0.1) is 0 Å². The number of hydrazone groups is 1. The Kier molecular flexibility index (Phi) is 7.42. The summed E-state index contributed by atoms with van der Waals surface area (Å²) >= 11 is 3.63. The van der Waals surface area contributed by atoms with Gasteiger partial charge >= 0.3 is 0 Å². The van der Waals surface area contributed by atoms with Gasteiger partial charge in [-0.3, -0.25) is 4.79 Å². The highest BCUT2D eigenvalue weighted by Gasteiger charge is 2.20. The first-order valence-electron chi connectivity index (χ1n) is 12.0. The maximum atomic E-state index is 12.9. The zero-order valence-corrected chi connectivity index (χ0v) is 21.8. The average Bonchev–Trinajstić information content (AvgIpc) is 3.38. The minimum Gasteiger partial charge on any atom is -0.479 e. The van der Waals surface area contributed by atoms with E-state index in [9.17, 15) is 4.79 Å². The van der Waals surface area contributed by atoms with Crippen molar-refractivity contribution in [3.05, 3.63) is 113 Å². The quantitative estimate of drug-likeness (QED) is 0.171. The molecule has 0 aliphatic rings. The molecule has 0 unspecified atom stereocenters. The summed E-state index contributed by atoms with van der Waals surface area (Å²) in [6, 6.07) is 31.6. The summed E-state index contributed by atoms with van der Waals surface area (Å²) in [5.74, 6) is 0.288. The number of amides is 1. The Labute approximate surface area is 223 Å². The molecule has 7 heteroatoms. The maximum Gasteiger partial charge on any atom is 0.281 e. The van der Waals surface area contributed by atoms with Crippen molar-refractivity contribution < 1.29 is 9.53 Å². The Balaban J connectivity index is 1.35. The monoisotopic (exact) mass is 552 g/mol. The lowest BCUT2D eigenvalue weighted by atomic mass is 10.1. The molecule has 0 fully saturated rings. The van der Waals surface area contributed by atoms with Crippen LogP contribution in [0.4, 0.5) is 0 Å². The van der Waals surface area contributed by atoms with Gasteiger partial charge in [-0.05, 0) is 51.3 Å². The van der Waals surface area contributed by atoms with Gasteiger partial charge in [0.2, 0.25) is 0 Å². The van der Waals surface area contributed by atoms with Gasteiger partial charge in [0.25, 0.3) is 5.91 Å². The number of carbonyl (C=O) groups is 1. The van der Waals surface area contributed by atoms with Crippen LogP contribution in [0.15, 0.2) is 113 Å². The Morgan fingerprint density at radius 3 is 2.46 bits per heavy atom. The number of halogens is 1. The van der Waals surface area contributed by atoms with E-state index in [0.29, 0.717) is 12.2 Å². The van der Waals surface area contributed by atoms with Crippen molar-refractivity contribution in [1.29, 1.82) is 0 Å². The van der Waals surface area contributed by atoms with Gasteiger partial charge in [-0.25, -0.2) is 10.1 Å². The molecule has 1 aromatic heterocycles. The first kappa shape index (κ1) is 24.5. The molecule has 1 amide bonds. The number of benzene rings is 4. The second-order valence-corrected chi connectivity index (χ2v) is 9.22. The third-order valence-electron chi connectivity index (χ3n) is 5.95. The normalized spacial score (nSPS) is 12.1. The van der Waals surface area contributed by atoms with E-state index in [1.165, 1.54) is 0 Å². The van der Waals surface area contributed by atoms with Crippen LogP contribution < -0.4 is 10.2 Å². The summed E-state index contributed by atoms with van der Waals surface area (Å²) in [7, 11) is 0. The van der Waals surface area contributed by atoms with Crippen LogP contribution in [-0.2, 0) is 4.79 Å². The number of ether oxygens (including phenoxy) is 1. The summed E-state index contributed by atoms with van der Waals surface area (Å²) in [4.78, 5) is 12.9. The molecule has 0 bridgehead atoms. The highest BCUT2D eigenvalue weighted by atomic mass is 79.9. The summed E-state index contributed by atoms with van der Waals surface area (Å²) in [5, 5.41) is 11.1. The van der Waals surface area contributed by atoms with E-state index in [0.717, 1.165) is 37.8 Å². The molecule has 1 atom stereocenters. The molecule has 4 aromatic carbocycles. The fourth-order valence-electron chi connectivity index (χ4n) is 4.03. The number of carbonyl (C=O) groups excluding carboxylic acids is 1. The van der Waals surface area contributed by atoms with E-state index < -0.39 is 6.10 Å². The molecule has 184 valence electrons. The SMILES string of the molecule is CC[C@@H](Oc1ccc2ccccc2c1Br)C(=O)N/N=C/c1cn(-c2ccccc2)nc1-c1ccccc1. The Hall–Kier alpha value is -4.23. The number of para-hydroxylation sites is 1. The zero-order chi connectivity index (χ0) is 25.6. The van der Waals surface area contributed by atoms with Gasteiger partial charge in [0, 0.05) is 17.3 Å². The van der Waals surface area contributed by atoms with E-state index in [4.69, 9.17) is 9.84 Å². The van der Waals surface area contributed by atoms with Crippen LogP contribution in [0.5, 0.6) is 5.75 Å². The molecule has 5 aromatic rings. The van der Waals surface area contributed by atoms with Gasteiger partial charge in [-0.2, -0.15) is 10.2 Å². The summed E-state index contributed by atoms with van der Waals surface area (Å²) in [5.41, 5.74) is 6.08. The maximum absolute atomic E-state index is 12.9. The van der Waals surface area contributed by atoms with Crippen molar-refractivity contribution in [2.45, 2.75) is 19.4 Å². The van der Waals surface area contributed by atoms with E-state index in [-0.39, 0.29) is 5.91 Å². The minimum absolute atomic E-state index is 0.324. The fourth-order valence-corrected chi connectivity index (χ4v) is 4.62. The average molecular weight is 553 g/mol. The van der Waals surface area contributed by atoms with Crippen molar-refractivity contribution >= 4 is 38.8 Å². The Morgan fingerprint density at radius 2 is 1.70 bits per heavy atom. The fraction of sp³-hybridized carbons (Fsp3) is 0.100. The molecule has 6 nitrogen and oxygen atoms in total. The lowest BCUT2D eigenvalue weighted by molar-refractivity contribution is -0.128. The molecule has 1 heterocycles. The first-order valence-corrected chi connectivity index (χ1v) is 12.8. The Bertz CT molecular complexity index is 1550. The van der Waals surface area contributed by atoms with Crippen LogP contribution in [0.3, 0.4) is 0 Å². The van der Waals surface area contributed by atoms with Crippen molar-refractivity contribution in [2.75, 3.05) is 0 Å². The van der Waals surface area contributed by atoms with Crippen molar-refractivity contribution in [3.8, 4) is 22.7 Å². The highest BCUT2D eigenvalue weighted by Crippen LogP contribution is 2.34. The molecule has 0 aliphatic heterocycles. The van der Waals surface area contributed by atoms with Gasteiger partial charge in [0.15, 0.2) is 6.10 Å². The number of nitrogens with one attached hydrogen (secondary N) is 1. The first-order chi connectivity index (χ1) is 18.1. The van der Waals surface area contributed by atoms with Crippen LogP contribution in [0.25, 0.3) is 27.7 Å². The number of nitrogens with zero attached hydrogens (tertiary/aromatic N) is 3. The van der Waals surface area contributed by atoms with Crippen molar-refractivity contribution in [1.82, 2.24) is 15.2 Å². The Morgan fingerprint density at radius 1 is 1.00 bits per heavy atom. The molecule has 0 radical (unpaired) electrons. The molecular formula is C30H25BrN4O2. The molecule has 5 rings (SSSR count). The van der Waals surface area contributed by atoms with Gasteiger partial charge in [-0.1, -0.05) is 85.8 Å². The topological polar surface area (TPSA) is 68.5 Å². The molecule has 0 spiro atoms. The van der Waals surface area contributed by atoms with Crippen LogP contribution >= 0.6 is 15.9 Å². The molecule has 0 aliphatic carbocycles. The molecule has 0 saturated carbocycles. The van der Waals surface area contributed by atoms with Gasteiger partial charge in [0.05, 0.1) is 16.4 Å². The van der Waals surface area contributed by atoms with Gasteiger partial charge in [-0.15, -0.1) is 0 Å². The minimum atomic E-state index is -0.699. The summed E-state index contributed by atoms with van der Waals surface area (Å²) < 4.78 is 8.70. The molecular weight excluding hydrogens is 528 g/mol. The summed E-state index contributed by atoms with van der Waals surface area (Å²) in [6.07, 6.45) is 3.30. The van der Waals surface area contributed by atoms with E-state index >= 15 is 0 Å². The van der Waals surface area contributed by atoms with E-state index in [1.807, 2.05) is 110 Å². The van der Waals surface area contributed by atoms with Crippen molar-refractivity contribution in [2.24, 2.45) is 5.10 Å². The second kappa shape index (κ2) is 11.2. The second-order valence-electron chi connectivity index (χ2n) is 8.43. The number of fused-ring (bicyclic) bond motifs is 1. The van der Waals surface area contributed by atoms with E-state index in [2.05, 4.69) is 26.5 Å². The number of rotatable bonds is 8. The standard InChI is InChI=1S/C30H25BrN4O2/c1-2-26(37-27-18-17-21-11-9-10-16-25(21)28(27)31)30(36)33-32-19-23-20-35(24-14-7-4-8-15-24)34-29(23)22-12-5-3-6-13-22/h3-20,26H,2H2,1H3,(H,33,36)/b32-19+/t26-/m1/s1. The highest BCUT2D eigenvalue weighted by molar-refractivity contribution is 9.10. The third-order valence-corrected chi connectivity index (χ3v) is 6.77. The predicted octanol–water partition coefficient (Wildman–Crippen LogP) is 6.76. The van der Waals surface area contributed by atoms with Crippen LogP contribution in [0.1, 0.15) is 18.9 Å². The predicted molar refractivity (Wildman–Crippen MR) is 151 cm³/mol. The largest absolute Gasteiger partial charge is 0.479 e. The number of aromatic nitrogens is 2. The lowest BCUT2D eigenvalue weighted by Crippen LogP contribution is -2.35. The lowest BCUT2D eigenvalue weighted by Gasteiger charge is -2.17. The smallest absolute Gasteiger partial charge is 0.281 e. The third kappa shape index (κ3) is 5.47. The molecule has 1 N–H and O–H groups in total. The van der Waals surface area contributed by atoms with Gasteiger partial charge < -0.3 is 4.74 Å².